The molecule has 0 unspecified atom stereocenters. The van der Waals surface area contributed by atoms with Gasteiger partial charge in [-0.15, -0.1) is 0 Å². The van der Waals surface area contributed by atoms with Crippen LogP contribution in [-0.2, 0) is 6.54 Å². The van der Waals surface area contributed by atoms with Crippen LogP contribution in [0.1, 0.15) is 5.56 Å². The van der Waals surface area contributed by atoms with Crippen LogP contribution in [0.3, 0.4) is 0 Å². The lowest BCUT2D eigenvalue weighted by Crippen LogP contribution is -2.15. The number of pyridine rings is 1. The minimum absolute atomic E-state index is 0.196. The highest BCUT2D eigenvalue weighted by Gasteiger charge is 2.12. The Hall–Kier alpha value is -1.95. The highest BCUT2D eigenvalue weighted by molar-refractivity contribution is 9.10. The Morgan fingerprint density at radius 2 is 2.16 bits per heavy atom. The van der Waals surface area contributed by atoms with E-state index in [0.717, 1.165) is 0 Å². The van der Waals surface area contributed by atoms with Crippen LogP contribution in [0.4, 0.5) is 4.39 Å². The predicted molar refractivity (Wildman–Crippen MR) is 71.5 cm³/mol. The van der Waals surface area contributed by atoms with Gasteiger partial charge in [-0.1, -0.05) is 12.1 Å². The van der Waals surface area contributed by atoms with Gasteiger partial charge in [0.15, 0.2) is 11.2 Å². The van der Waals surface area contributed by atoms with Crippen molar-refractivity contribution in [2.45, 2.75) is 6.54 Å². The second-order valence-corrected chi connectivity index (χ2v) is 4.79. The number of hydrogen-bond donors (Lipinski definition) is 0. The molecular formula is C13H8BrFN2O2. The van der Waals surface area contributed by atoms with E-state index in [0.29, 0.717) is 21.3 Å². The Morgan fingerprint density at radius 3 is 3.00 bits per heavy atom. The second kappa shape index (κ2) is 4.62. The third-order valence-corrected chi connectivity index (χ3v) is 3.67. The van der Waals surface area contributed by atoms with Crippen LogP contribution in [0.25, 0.3) is 11.2 Å². The Bertz CT molecular complexity index is 810. The zero-order valence-corrected chi connectivity index (χ0v) is 11.2. The molecule has 2 aromatic heterocycles. The molecule has 0 radical (unpaired) electrons. The standard InChI is InChI=1S/C13H8BrFN2O2/c14-11-8(3-1-4-9(11)15)7-17-12-10(19-13(17)18)5-2-6-16-12/h1-6H,7H2. The van der Waals surface area contributed by atoms with Gasteiger partial charge in [-0.25, -0.2) is 14.2 Å². The van der Waals surface area contributed by atoms with E-state index < -0.39 is 5.76 Å². The summed E-state index contributed by atoms with van der Waals surface area (Å²) in [6, 6.07) is 8.04. The normalized spacial score (nSPS) is 11.1. The molecular weight excluding hydrogens is 315 g/mol. The lowest BCUT2D eigenvalue weighted by atomic mass is 10.2. The molecule has 0 N–H and O–H groups in total. The Kier molecular flexibility index (Phi) is 2.94. The number of fused-ring (bicyclic) bond motifs is 1. The summed E-state index contributed by atoms with van der Waals surface area (Å²) in [5, 5.41) is 0. The van der Waals surface area contributed by atoms with Gasteiger partial charge in [0.05, 0.1) is 11.0 Å². The van der Waals surface area contributed by atoms with Crippen LogP contribution in [-0.4, -0.2) is 9.55 Å². The summed E-state index contributed by atoms with van der Waals surface area (Å²) in [6.07, 6.45) is 1.58. The molecule has 1 aromatic carbocycles. The molecule has 0 saturated carbocycles. The molecule has 3 rings (SSSR count). The van der Waals surface area contributed by atoms with E-state index in [1.165, 1.54) is 10.6 Å². The average molecular weight is 323 g/mol. The topological polar surface area (TPSA) is 48.0 Å². The van der Waals surface area contributed by atoms with Gasteiger partial charge in [0.1, 0.15) is 5.82 Å². The quantitative estimate of drug-likeness (QED) is 0.728. The predicted octanol–water partition coefficient (Wildman–Crippen LogP) is 2.94. The summed E-state index contributed by atoms with van der Waals surface area (Å²) < 4.78 is 20.2. The Morgan fingerprint density at radius 1 is 1.32 bits per heavy atom. The molecule has 96 valence electrons. The van der Waals surface area contributed by atoms with Crippen LogP contribution < -0.4 is 5.76 Å². The number of benzene rings is 1. The van der Waals surface area contributed by atoms with Crippen molar-refractivity contribution < 1.29 is 8.81 Å². The molecule has 19 heavy (non-hydrogen) atoms. The van der Waals surface area contributed by atoms with Crippen molar-refractivity contribution in [2.75, 3.05) is 0 Å². The SMILES string of the molecule is O=c1oc2cccnc2n1Cc1cccc(F)c1Br. The molecule has 6 heteroatoms. The van der Waals surface area contributed by atoms with Gasteiger partial charge in [-0.05, 0) is 39.7 Å². The first kappa shape index (κ1) is 12.1. The van der Waals surface area contributed by atoms with Crippen molar-refractivity contribution in [1.82, 2.24) is 9.55 Å². The monoisotopic (exact) mass is 322 g/mol. The molecule has 0 saturated heterocycles. The lowest BCUT2D eigenvalue weighted by molar-refractivity contribution is 0.516. The fourth-order valence-electron chi connectivity index (χ4n) is 1.88. The van der Waals surface area contributed by atoms with Gasteiger partial charge in [0, 0.05) is 6.20 Å². The summed E-state index contributed by atoms with van der Waals surface area (Å²) >= 11 is 3.17. The van der Waals surface area contributed by atoms with Crippen molar-refractivity contribution in [1.29, 1.82) is 0 Å². The van der Waals surface area contributed by atoms with Crippen LogP contribution >= 0.6 is 15.9 Å². The van der Waals surface area contributed by atoms with E-state index in [2.05, 4.69) is 20.9 Å². The summed E-state index contributed by atoms with van der Waals surface area (Å²) in [5.74, 6) is -0.879. The van der Waals surface area contributed by atoms with Gasteiger partial charge < -0.3 is 4.42 Å². The van der Waals surface area contributed by atoms with E-state index in [1.54, 1.807) is 30.5 Å². The summed E-state index contributed by atoms with van der Waals surface area (Å²) in [7, 11) is 0. The van der Waals surface area contributed by atoms with E-state index >= 15 is 0 Å². The third-order valence-electron chi connectivity index (χ3n) is 2.78. The molecule has 0 aliphatic rings. The molecule has 0 spiro atoms. The van der Waals surface area contributed by atoms with E-state index in [1.807, 2.05) is 0 Å². The van der Waals surface area contributed by atoms with Gasteiger partial charge in [0.25, 0.3) is 0 Å². The number of nitrogens with zero attached hydrogens (tertiary/aromatic N) is 2. The molecule has 0 atom stereocenters. The minimum Gasteiger partial charge on any atom is -0.406 e. The van der Waals surface area contributed by atoms with Crippen LogP contribution in [0.15, 0.2) is 50.2 Å². The fourth-order valence-corrected chi connectivity index (χ4v) is 2.27. The molecule has 0 amide bonds. The number of oxazole rings is 1. The molecule has 4 nitrogen and oxygen atoms in total. The maximum Gasteiger partial charge on any atom is 0.421 e. The summed E-state index contributed by atoms with van der Waals surface area (Å²) in [5.41, 5.74) is 1.51. The Balaban J connectivity index is 2.13. The van der Waals surface area contributed by atoms with Gasteiger partial charge in [-0.2, -0.15) is 0 Å². The third kappa shape index (κ3) is 2.08. The van der Waals surface area contributed by atoms with Crippen LogP contribution in [0.2, 0.25) is 0 Å². The van der Waals surface area contributed by atoms with E-state index in [-0.39, 0.29) is 12.4 Å². The number of halogens is 2. The Labute approximate surface area is 115 Å². The first-order chi connectivity index (χ1) is 9.16. The van der Waals surface area contributed by atoms with Crippen molar-refractivity contribution >= 4 is 27.2 Å². The second-order valence-electron chi connectivity index (χ2n) is 3.99. The highest BCUT2D eigenvalue weighted by atomic mass is 79.9. The summed E-state index contributed by atoms with van der Waals surface area (Å²) in [4.78, 5) is 15.9. The molecule has 0 fully saturated rings. The first-order valence-corrected chi connectivity index (χ1v) is 6.33. The number of rotatable bonds is 2. The number of aromatic nitrogens is 2. The fraction of sp³-hybridized carbons (Fsp3) is 0.0769. The van der Waals surface area contributed by atoms with Crippen molar-refractivity contribution in [2.24, 2.45) is 0 Å². The van der Waals surface area contributed by atoms with Crippen LogP contribution in [0, 0.1) is 5.82 Å². The van der Waals surface area contributed by atoms with E-state index in [9.17, 15) is 9.18 Å². The van der Waals surface area contributed by atoms with Gasteiger partial charge in [-0.3, -0.25) is 4.57 Å². The highest BCUT2D eigenvalue weighted by Crippen LogP contribution is 2.22. The van der Waals surface area contributed by atoms with Gasteiger partial charge in [0.2, 0.25) is 0 Å². The largest absolute Gasteiger partial charge is 0.421 e. The summed E-state index contributed by atoms with van der Waals surface area (Å²) in [6.45, 7) is 0.196. The van der Waals surface area contributed by atoms with Crippen molar-refractivity contribution in [3.63, 3.8) is 0 Å². The number of hydrogen-bond acceptors (Lipinski definition) is 3. The molecule has 0 bridgehead atoms. The zero-order chi connectivity index (χ0) is 13.4. The van der Waals surface area contributed by atoms with E-state index in [4.69, 9.17) is 4.42 Å². The molecule has 3 aromatic rings. The average Bonchev–Trinajstić information content (AvgIpc) is 2.72. The smallest absolute Gasteiger partial charge is 0.406 e. The minimum atomic E-state index is -0.509. The zero-order valence-electron chi connectivity index (χ0n) is 9.64. The van der Waals surface area contributed by atoms with Gasteiger partial charge >= 0.3 is 5.76 Å². The van der Waals surface area contributed by atoms with Crippen molar-refractivity contribution in [3.05, 3.63) is 62.9 Å². The maximum absolute atomic E-state index is 13.4. The lowest BCUT2D eigenvalue weighted by Gasteiger charge is -2.05. The maximum atomic E-state index is 13.4. The van der Waals surface area contributed by atoms with Crippen molar-refractivity contribution in [3.8, 4) is 0 Å². The first-order valence-electron chi connectivity index (χ1n) is 5.54. The molecule has 0 aliphatic heterocycles. The van der Waals surface area contributed by atoms with Crippen LogP contribution in [0.5, 0.6) is 0 Å². The molecule has 0 aliphatic carbocycles. The molecule has 2 heterocycles.